The van der Waals surface area contributed by atoms with Crippen LogP contribution in [0.15, 0.2) is 41.2 Å². The molecule has 0 aliphatic heterocycles. The normalized spacial score (nSPS) is 10.6. The van der Waals surface area contributed by atoms with Gasteiger partial charge in [-0.05, 0) is 24.3 Å². The van der Waals surface area contributed by atoms with Crippen molar-refractivity contribution in [3.05, 3.63) is 41.5 Å². The lowest BCUT2D eigenvalue weighted by Crippen LogP contribution is -2.20. The van der Waals surface area contributed by atoms with E-state index in [1.165, 1.54) is 11.3 Å². The molecule has 3 aromatic heterocycles. The van der Waals surface area contributed by atoms with Crippen molar-refractivity contribution in [2.45, 2.75) is 19.9 Å². The van der Waals surface area contributed by atoms with E-state index in [9.17, 15) is 4.79 Å². The van der Waals surface area contributed by atoms with Crippen LogP contribution in [0.4, 0.5) is 0 Å². The molecule has 112 valence electrons. The molecule has 0 bridgehead atoms. The Morgan fingerprint density at radius 3 is 3.05 bits per heavy atom. The van der Waals surface area contributed by atoms with Gasteiger partial charge in [-0.25, -0.2) is 0 Å². The SMILES string of the molecule is CCC(=O)NCc1ccc(-c2noc(-c3cccnc3)n2)s1. The molecule has 7 heteroatoms. The summed E-state index contributed by atoms with van der Waals surface area (Å²) in [7, 11) is 0. The van der Waals surface area contributed by atoms with E-state index >= 15 is 0 Å². The molecule has 0 radical (unpaired) electrons. The lowest BCUT2D eigenvalue weighted by Gasteiger charge is -1.99. The average Bonchev–Trinajstić information content (AvgIpc) is 3.22. The number of carbonyl (C=O) groups excluding carboxylic acids is 1. The van der Waals surface area contributed by atoms with E-state index in [-0.39, 0.29) is 5.91 Å². The zero-order valence-corrected chi connectivity index (χ0v) is 12.8. The topological polar surface area (TPSA) is 80.9 Å². The van der Waals surface area contributed by atoms with Crippen molar-refractivity contribution < 1.29 is 9.32 Å². The van der Waals surface area contributed by atoms with Gasteiger partial charge in [0.1, 0.15) is 0 Å². The summed E-state index contributed by atoms with van der Waals surface area (Å²) in [5, 5.41) is 6.84. The van der Waals surface area contributed by atoms with Crippen molar-refractivity contribution in [1.29, 1.82) is 0 Å². The minimum atomic E-state index is 0.0355. The van der Waals surface area contributed by atoms with Gasteiger partial charge >= 0.3 is 0 Å². The zero-order chi connectivity index (χ0) is 15.4. The van der Waals surface area contributed by atoms with Crippen LogP contribution in [0.3, 0.4) is 0 Å². The van der Waals surface area contributed by atoms with Gasteiger partial charge in [-0.2, -0.15) is 4.98 Å². The Morgan fingerprint density at radius 2 is 2.27 bits per heavy atom. The van der Waals surface area contributed by atoms with Gasteiger partial charge in [0.05, 0.1) is 17.0 Å². The van der Waals surface area contributed by atoms with Crippen LogP contribution in [0.2, 0.25) is 0 Å². The highest BCUT2D eigenvalue weighted by Gasteiger charge is 2.12. The van der Waals surface area contributed by atoms with Crippen LogP contribution in [-0.2, 0) is 11.3 Å². The number of thiophene rings is 1. The first-order valence-electron chi connectivity index (χ1n) is 6.86. The number of rotatable bonds is 5. The summed E-state index contributed by atoms with van der Waals surface area (Å²) in [6.07, 6.45) is 3.85. The first-order valence-corrected chi connectivity index (χ1v) is 7.68. The lowest BCUT2D eigenvalue weighted by atomic mass is 10.3. The van der Waals surface area contributed by atoms with E-state index in [2.05, 4.69) is 20.4 Å². The maximum absolute atomic E-state index is 11.3. The fourth-order valence-electron chi connectivity index (χ4n) is 1.83. The maximum Gasteiger partial charge on any atom is 0.259 e. The summed E-state index contributed by atoms with van der Waals surface area (Å²) in [6.45, 7) is 2.35. The summed E-state index contributed by atoms with van der Waals surface area (Å²) in [5.41, 5.74) is 0.785. The molecule has 0 saturated carbocycles. The monoisotopic (exact) mass is 314 g/mol. The fraction of sp³-hybridized carbons (Fsp3) is 0.200. The van der Waals surface area contributed by atoms with E-state index in [0.29, 0.717) is 24.7 Å². The largest absolute Gasteiger partial charge is 0.351 e. The third-order valence-corrected chi connectivity index (χ3v) is 4.08. The number of hydrogen-bond acceptors (Lipinski definition) is 6. The smallest absolute Gasteiger partial charge is 0.259 e. The van der Waals surface area contributed by atoms with Crippen LogP contribution in [0, 0.1) is 0 Å². The van der Waals surface area contributed by atoms with Crippen molar-refractivity contribution in [3.63, 3.8) is 0 Å². The van der Waals surface area contributed by atoms with Crippen molar-refractivity contribution >= 4 is 17.2 Å². The summed E-state index contributed by atoms with van der Waals surface area (Å²) in [5.74, 6) is 1.02. The molecule has 1 N–H and O–H groups in total. The summed E-state index contributed by atoms with van der Waals surface area (Å²) < 4.78 is 5.27. The Morgan fingerprint density at radius 1 is 1.36 bits per heavy atom. The second-order valence-electron chi connectivity index (χ2n) is 4.56. The minimum Gasteiger partial charge on any atom is -0.351 e. The average molecular weight is 314 g/mol. The molecule has 3 rings (SSSR count). The number of aromatic nitrogens is 3. The third-order valence-electron chi connectivity index (χ3n) is 3.00. The third kappa shape index (κ3) is 3.20. The number of nitrogens with one attached hydrogen (secondary N) is 1. The Labute approximate surface area is 131 Å². The molecule has 0 aliphatic rings. The quantitative estimate of drug-likeness (QED) is 0.783. The highest BCUT2D eigenvalue weighted by Crippen LogP contribution is 2.27. The Kier molecular flexibility index (Phi) is 4.24. The molecular formula is C15H14N4O2S. The number of nitrogens with zero attached hydrogens (tertiary/aromatic N) is 3. The molecule has 0 spiro atoms. The van der Waals surface area contributed by atoms with Crippen LogP contribution in [0.1, 0.15) is 18.2 Å². The van der Waals surface area contributed by atoms with E-state index in [0.717, 1.165) is 15.3 Å². The molecule has 0 aliphatic carbocycles. The van der Waals surface area contributed by atoms with Gasteiger partial charge < -0.3 is 9.84 Å². The minimum absolute atomic E-state index is 0.0355. The van der Waals surface area contributed by atoms with Crippen LogP contribution in [0.25, 0.3) is 22.2 Å². The van der Waals surface area contributed by atoms with Crippen molar-refractivity contribution in [2.24, 2.45) is 0 Å². The van der Waals surface area contributed by atoms with Gasteiger partial charge in [-0.15, -0.1) is 11.3 Å². The van der Waals surface area contributed by atoms with Crippen molar-refractivity contribution in [2.75, 3.05) is 0 Å². The number of amides is 1. The molecule has 0 saturated heterocycles. The maximum atomic E-state index is 11.3. The molecule has 3 aromatic rings. The Hall–Kier alpha value is -2.54. The van der Waals surface area contributed by atoms with Gasteiger partial charge in [-0.3, -0.25) is 9.78 Å². The second-order valence-corrected chi connectivity index (χ2v) is 5.73. The van der Waals surface area contributed by atoms with Gasteiger partial charge in [0.2, 0.25) is 11.7 Å². The van der Waals surface area contributed by atoms with E-state index in [1.807, 2.05) is 31.2 Å². The predicted octanol–water partition coefficient (Wildman–Crippen LogP) is 2.89. The molecule has 3 heterocycles. The van der Waals surface area contributed by atoms with Gasteiger partial charge in [-0.1, -0.05) is 12.1 Å². The van der Waals surface area contributed by atoms with Crippen LogP contribution in [-0.4, -0.2) is 21.0 Å². The second kappa shape index (κ2) is 6.48. The highest BCUT2D eigenvalue weighted by molar-refractivity contribution is 7.15. The molecular weight excluding hydrogens is 300 g/mol. The Balaban J connectivity index is 1.74. The molecule has 0 aromatic carbocycles. The van der Waals surface area contributed by atoms with Crippen LogP contribution in [0.5, 0.6) is 0 Å². The molecule has 22 heavy (non-hydrogen) atoms. The predicted molar refractivity (Wildman–Crippen MR) is 83.0 cm³/mol. The van der Waals surface area contributed by atoms with E-state index < -0.39 is 0 Å². The van der Waals surface area contributed by atoms with E-state index in [4.69, 9.17) is 4.52 Å². The van der Waals surface area contributed by atoms with Gasteiger partial charge in [0.25, 0.3) is 5.89 Å². The molecule has 0 atom stereocenters. The number of carbonyl (C=O) groups is 1. The fourth-order valence-corrected chi connectivity index (χ4v) is 2.71. The summed E-state index contributed by atoms with van der Waals surface area (Å²) in [6, 6.07) is 7.56. The van der Waals surface area contributed by atoms with Gasteiger partial charge in [0.15, 0.2) is 0 Å². The summed E-state index contributed by atoms with van der Waals surface area (Å²) in [4.78, 5) is 21.6. The molecule has 6 nitrogen and oxygen atoms in total. The molecule has 0 unspecified atom stereocenters. The van der Waals surface area contributed by atoms with Crippen LogP contribution < -0.4 is 5.32 Å². The van der Waals surface area contributed by atoms with Gasteiger partial charge in [0, 0.05) is 23.7 Å². The Bertz CT molecular complexity index is 767. The first kappa shape index (κ1) is 14.4. The number of hydrogen-bond donors (Lipinski definition) is 1. The molecule has 1 amide bonds. The lowest BCUT2D eigenvalue weighted by molar-refractivity contribution is -0.120. The van der Waals surface area contributed by atoms with Crippen molar-refractivity contribution in [3.8, 4) is 22.2 Å². The van der Waals surface area contributed by atoms with E-state index in [1.54, 1.807) is 12.4 Å². The van der Waals surface area contributed by atoms with Crippen LogP contribution >= 0.6 is 11.3 Å². The summed E-state index contributed by atoms with van der Waals surface area (Å²) >= 11 is 1.53. The highest BCUT2D eigenvalue weighted by atomic mass is 32.1. The number of pyridine rings is 1. The molecule has 0 fully saturated rings. The zero-order valence-electron chi connectivity index (χ0n) is 11.9. The standard InChI is InChI=1S/C15H14N4O2S/c1-2-13(20)17-9-11-5-6-12(22-11)14-18-15(21-19-14)10-4-3-7-16-8-10/h3-8H,2,9H2,1H3,(H,17,20). The van der Waals surface area contributed by atoms with Crippen molar-refractivity contribution in [1.82, 2.24) is 20.4 Å². The first-order chi connectivity index (χ1) is 10.8.